The Kier molecular flexibility index (Phi) is 7.63. The number of nitrogen functional groups attached to an aromatic ring is 2. The van der Waals surface area contributed by atoms with Crippen molar-refractivity contribution in [3.63, 3.8) is 0 Å². The molecule has 236 valence electrons. The first-order valence-electron chi connectivity index (χ1n) is 13.0. The fourth-order valence-corrected chi connectivity index (χ4v) is 8.70. The van der Waals surface area contributed by atoms with E-state index < -0.39 is 75.6 Å². The molecule has 23 heteroatoms. The highest BCUT2D eigenvalue weighted by molar-refractivity contribution is 8.44. The Morgan fingerprint density at radius 2 is 1.55 bits per heavy atom. The summed E-state index contributed by atoms with van der Waals surface area (Å²) in [5.41, 5.74) is 12.6. The van der Waals surface area contributed by atoms with Crippen molar-refractivity contribution in [3.05, 3.63) is 25.3 Å². The number of hydrogen-bond acceptors (Lipinski definition) is 15. The molecule has 3 fully saturated rings. The van der Waals surface area contributed by atoms with Gasteiger partial charge < -0.3 is 39.2 Å². The normalized spacial score (nSPS) is 38.3. The summed E-state index contributed by atoms with van der Waals surface area (Å²) in [5.74, 6) is -0.655. The zero-order valence-electron chi connectivity index (χ0n) is 22.2. The van der Waals surface area contributed by atoms with E-state index >= 15 is 8.78 Å². The molecule has 0 spiro atoms. The Balaban J connectivity index is 1.17. The van der Waals surface area contributed by atoms with Crippen LogP contribution >= 0.6 is 25.8 Å². The van der Waals surface area contributed by atoms with Crippen molar-refractivity contribution in [3.8, 4) is 0 Å². The molecule has 7 rings (SSSR count). The van der Waals surface area contributed by atoms with Crippen molar-refractivity contribution < 1.29 is 41.1 Å². The van der Waals surface area contributed by atoms with Gasteiger partial charge in [0.25, 0.3) is 0 Å². The van der Waals surface area contributed by atoms with Crippen molar-refractivity contribution in [1.29, 1.82) is 0 Å². The molecule has 6 heterocycles. The quantitative estimate of drug-likeness (QED) is 0.174. The number of anilines is 2. The van der Waals surface area contributed by atoms with Crippen molar-refractivity contribution in [1.82, 2.24) is 39.0 Å². The van der Waals surface area contributed by atoms with Crippen LogP contribution in [0.3, 0.4) is 0 Å². The summed E-state index contributed by atoms with van der Waals surface area (Å²) < 4.78 is 76.4. The number of hydrogen-bond donors (Lipinski definition) is 4. The first kappa shape index (κ1) is 30.2. The number of alkyl halides is 2. The smallest absolute Gasteiger partial charge is 0.382 e. The van der Waals surface area contributed by atoms with E-state index in [4.69, 9.17) is 46.1 Å². The number of halogens is 2. The molecule has 5 N–H and O–H groups in total. The fraction of sp³-hybridized carbons (Fsp3) is 0.524. The van der Waals surface area contributed by atoms with Gasteiger partial charge in [-0.05, 0) is 18.2 Å². The minimum Gasteiger partial charge on any atom is -0.382 e. The van der Waals surface area contributed by atoms with Crippen LogP contribution in [-0.4, -0.2) is 87.8 Å². The molecule has 2 unspecified atom stereocenters. The molecule has 1 saturated carbocycles. The van der Waals surface area contributed by atoms with E-state index in [9.17, 15) is 9.46 Å². The maximum Gasteiger partial charge on any atom is 0.386 e. The van der Waals surface area contributed by atoms with Gasteiger partial charge in [-0.15, -0.1) is 0 Å². The SMILES string of the molecule is Nc1ncnc2c1ncn2[C@@H]1C[C@@H]2COP(=O)(S)O[C@H]3[C@@H](F)[C@H](n4cnc5c(N)ncnc54)O[C@@H]3COP(O)(=S)O[C@H]2[C@H]1F. The molecular formula is C21H24F2N10O7P2S2. The number of imidazole rings is 2. The third kappa shape index (κ3) is 5.28. The summed E-state index contributed by atoms with van der Waals surface area (Å²) in [5, 5.41) is 0. The molecule has 4 aromatic rings. The Morgan fingerprint density at radius 3 is 2.23 bits per heavy atom. The Labute approximate surface area is 256 Å². The molecule has 10 atom stereocenters. The van der Waals surface area contributed by atoms with Crippen LogP contribution in [0.2, 0.25) is 0 Å². The maximum absolute atomic E-state index is 16.1. The van der Waals surface area contributed by atoms with E-state index in [1.54, 1.807) is 0 Å². The van der Waals surface area contributed by atoms with Gasteiger partial charge in [-0.1, -0.05) is 12.2 Å². The molecule has 0 aromatic carbocycles. The van der Waals surface area contributed by atoms with Crippen molar-refractivity contribution in [2.45, 2.75) is 49.3 Å². The molecule has 4 aromatic heterocycles. The number of rotatable bonds is 2. The van der Waals surface area contributed by atoms with Crippen LogP contribution in [0, 0.1) is 5.92 Å². The second-order valence-corrected chi connectivity index (χ2v) is 16.0. The van der Waals surface area contributed by atoms with Gasteiger partial charge >= 0.3 is 13.5 Å². The van der Waals surface area contributed by atoms with Gasteiger partial charge in [-0.3, -0.25) is 9.09 Å². The third-order valence-corrected chi connectivity index (χ3v) is 10.9. The first-order valence-corrected chi connectivity index (χ1v) is 18.3. The lowest BCUT2D eigenvalue weighted by Crippen LogP contribution is -2.35. The second-order valence-electron chi connectivity index (χ2n) is 10.4. The van der Waals surface area contributed by atoms with Gasteiger partial charge in [0, 0.05) is 5.92 Å². The lowest BCUT2D eigenvalue weighted by atomic mass is 10.1. The Bertz CT molecular complexity index is 1710. The maximum atomic E-state index is 16.1. The van der Waals surface area contributed by atoms with Crippen LogP contribution in [0.15, 0.2) is 25.3 Å². The van der Waals surface area contributed by atoms with Gasteiger partial charge in [0.2, 0.25) is 0 Å². The number of nitrogens with two attached hydrogens (primary N) is 2. The minimum absolute atomic E-state index is 0.0476. The number of fused-ring (bicyclic) bond motifs is 4. The van der Waals surface area contributed by atoms with E-state index in [0.717, 1.165) is 0 Å². The van der Waals surface area contributed by atoms with E-state index in [2.05, 4.69) is 42.2 Å². The molecular weight excluding hydrogens is 668 g/mol. The highest BCUT2D eigenvalue weighted by Crippen LogP contribution is 2.59. The van der Waals surface area contributed by atoms with Crippen LogP contribution in [0.5, 0.6) is 0 Å². The zero-order valence-corrected chi connectivity index (χ0v) is 25.7. The molecule has 0 bridgehead atoms. The Morgan fingerprint density at radius 1 is 0.909 bits per heavy atom. The molecule has 1 aliphatic carbocycles. The van der Waals surface area contributed by atoms with E-state index in [1.807, 2.05) is 0 Å². The predicted octanol–water partition coefficient (Wildman–Crippen LogP) is 2.04. The second kappa shape index (κ2) is 11.1. The zero-order chi connectivity index (χ0) is 31.0. The largest absolute Gasteiger partial charge is 0.386 e. The summed E-state index contributed by atoms with van der Waals surface area (Å²) in [6.07, 6.45) is -4.35. The average Bonchev–Trinajstić information content (AvgIpc) is 3.73. The van der Waals surface area contributed by atoms with E-state index in [1.165, 1.54) is 34.4 Å². The molecule has 2 aliphatic heterocycles. The molecule has 44 heavy (non-hydrogen) atoms. The van der Waals surface area contributed by atoms with Crippen molar-refractivity contribution in [2.24, 2.45) is 5.92 Å². The molecule has 17 nitrogen and oxygen atoms in total. The molecule has 3 aliphatic rings. The Hall–Kier alpha value is -2.45. The lowest BCUT2D eigenvalue weighted by molar-refractivity contribution is -0.0472. The number of ether oxygens (including phenoxy) is 1. The van der Waals surface area contributed by atoms with Gasteiger partial charge in [0.05, 0.1) is 31.9 Å². The monoisotopic (exact) mass is 692 g/mol. The van der Waals surface area contributed by atoms with Crippen molar-refractivity contribution >= 4 is 71.5 Å². The summed E-state index contributed by atoms with van der Waals surface area (Å²) >= 11 is 9.26. The van der Waals surface area contributed by atoms with Crippen LogP contribution in [-0.2, 0) is 39.2 Å². The van der Waals surface area contributed by atoms with Crippen molar-refractivity contribution in [2.75, 3.05) is 24.7 Å². The van der Waals surface area contributed by atoms with E-state index in [-0.39, 0.29) is 40.4 Å². The van der Waals surface area contributed by atoms with Gasteiger partial charge in [-0.25, -0.2) is 43.2 Å². The van der Waals surface area contributed by atoms with Crippen LogP contribution in [0.4, 0.5) is 20.4 Å². The standard InChI is InChI=1S/C21H24F2N10O7P2S2/c22-11-9(32-6-30-13-17(24)26-4-28-19(13)32)1-8-2-36-41(34,43)40-16-10(3-37-42(35,44)39-15(8)11)38-21(12(16)23)33-7-31-14-18(25)27-5-29-20(14)33/h4-12,15-16,21H,1-3H2,(H,34,43)(H,35,44)(H2,24,26,28)(H2,25,27,29)/t8-,9-,10-,11+,12-,15-,16-,21-,41?,42?/m1/s1. The van der Waals surface area contributed by atoms with E-state index in [0.29, 0.717) is 0 Å². The summed E-state index contributed by atoms with van der Waals surface area (Å²) in [6.45, 7) is -9.45. The van der Waals surface area contributed by atoms with Gasteiger partial charge in [0.15, 0.2) is 35.3 Å². The lowest BCUT2D eigenvalue weighted by Gasteiger charge is -2.30. The number of nitrogens with zero attached hydrogens (tertiary/aromatic N) is 8. The summed E-state index contributed by atoms with van der Waals surface area (Å²) in [6, 6.07) is -0.921. The van der Waals surface area contributed by atoms with Gasteiger partial charge in [0.1, 0.15) is 48.2 Å². The fourth-order valence-electron chi connectivity index (χ4n) is 5.70. The number of thiol groups is 1. The van der Waals surface area contributed by atoms with Gasteiger partial charge in [-0.2, -0.15) is 0 Å². The molecule has 0 radical (unpaired) electrons. The van der Waals surface area contributed by atoms with Crippen LogP contribution in [0.1, 0.15) is 18.7 Å². The number of aromatic nitrogens is 8. The average molecular weight is 693 g/mol. The predicted molar refractivity (Wildman–Crippen MR) is 155 cm³/mol. The summed E-state index contributed by atoms with van der Waals surface area (Å²) in [7, 11) is 0. The third-order valence-electron chi connectivity index (χ3n) is 7.73. The highest BCUT2D eigenvalue weighted by Gasteiger charge is 2.53. The molecule has 2 saturated heterocycles. The topological polar surface area (TPSA) is 223 Å². The molecule has 0 amide bonds. The minimum atomic E-state index is -4.30. The summed E-state index contributed by atoms with van der Waals surface area (Å²) in [4.78, 5) is 35.3. The highest BCUT2D eigenvalue weighted by atomic mass is 32.7. The first-order chi connectivity index (χ1) is 20.9. The van der Waals surface area contributed by atoms with Crippen LogP contribution in [0.25, 0.3) is 22.3 Å². The van der Waals surface area contributed by atoms with Crippen LogP contribution < -0.4 is 11.5 Å².